The first kappa shape index (κ1) is 20.3. The average molecular weight is 390 g/mol. The molecule has 0 aliphatic heterocycles. The van der Waals surface area contributed by atoms with E-state index in [9.17, 15) is 4.79 Å². The van der Waals surface area contributed by atoms with Crippen molar-refractivity contribution in [3.63, 3.8) is 0 Å². The molecule has 0 aliphatic rings. The Hall–Kier alpha value is -3.48. The van der Waals surface area contributed by atoms with Crippen molar-refractivity contribution in [2.45, 2.75) is 34.1 Å². The first-order chi connectivity index (χ1) is 13.9. The maximum atomic E-state index is 11.9. The summed E-state index contributed by atoms with van der Waals surface area (Å²) < 4.78 is 0. The summed E-state index contributed by atoms with van der Waals surface area (Å²) >= 11 is 0. The molecule has 0 unspecified atom stereocenters. The van der Waals surface area contributed by atoms with E-state index in [2.05, 4.69) is 30.9 Å². The lowest BCUT2D eigenvalue weighted by atomic mass is 10.1. The number of benzene rings is 1. The van der Waals surface area contributed by atoms with Crippen LogP contribution in [0.15, 0.2) is 48.7 Å². The van der Waals surface area contributed by atoms with Crippen LogP contribution in [0.3, 0.4) is 0 Å². The summed E-state index contributed by atoms with van der Waals surface area (Å²) in [4.78, 5) is 25.1. The van der Waals surface area contributed by atoms with E-state index in [0.717, 1.165) is 22.8 Å². The minimum absolute atomic E-state index is 0.0209. The second-order valence-electron chi connectivity index (χ2n) is 7.38. The van der Waals surface area contributed by atoms with E-state index in [1.807, 2.05) is 70.2 Å². The SMILES string of the molecule is Cc1ccnc(Nc2cc(Nc3ccc(NC(=O)CC(C)C)cc3)nc(C)n2)c1. The number of nitrogens with one attached hydrogen (secondary N) is 3. The summed E-state index contributed by atoms with van der Waals surface area (Å²) in [6, 6.07) is 13.3. The fourth-order valence-electron chi connectivity index (χ4n) is 2.80. The first-order valence-corrected chi connectivity index (χ1v) is 9.59. The van der Waals surface area contributed by atoms with Crippen molar-refractivity contribution in [2.24, 2.45) is 5.92 Å². The second kappa shape index (κ2) is 9.14. The zero-order valence-electron chi connectivity index (χ0n) is 17.2. The molecule has 7 nitrogen and oxygen atoms in total. The van der Waals surface area contributed by atoms with Crippen LogP contribution in [0.5, 0.6) is 0 Å². The molecule has 29 heavy (non-hydrogen) atoms. The number of hydrogen-bond acceptors (Lipinski definition) is 6. The molecule has 0 bridgehead atoms. The molecule has 3 rings (SSSR count). The third-order valence-electron chi connectivity index (χ3n) is 4.04. The summed E-state index contributed by atoms with van der Waals surface area (Å²) in [5, 5.41) is 9.38. The predicted octanol–water partition coefficient (Wildman–Crippen LogP) is 4.96. The number of pyridine rings is 1. The first-order valence-electron chi connectivity index (χ1n) is 9.59. The monoisotopic (exact) mass is 390 g/mol. The molecule has 0 saturated heterocycles. The van der Waals surface area contributed by atoms with Crippen LogP contribution in [-0.4, -0.2) is 20.9 Å². The van der Waals surface area contributed by atoms with Gasteiger partial charge in [-0.05, 0) is 61.7 Å². The Morgan fingerprint density at radius 2 is 1.55 bits per heavy atom. The van der Waals surface area contributed by atoms with Gasteiger partial charge in [0.05, 0.1) is 0 Å². The van der Waals surface area contributed by atoms with Gasteiger partial charge in [-0.1, -0.05) is 13.8 Å². The van der Waals surface area contributed by atoms with Crippen molar-refractivity contribution < 1.29 is 4.79 Å². The Labute approximate surface area is 171 Å². The summed E-state index contributed by atoms with van der Waals surface area (Å²) in [5.41, 5.74) is 2.75. The largest absolute Gasteiger partial charge is 0.340 e. The van der Waals surface area contributed by atoms with Gasteiger partial charge in [-0.3, -0.25) is 4.79 Å². The lowest BCUT2D eigenvalue weighted by molar-refractivity contribution is -0.116. The molecular weight excluding hydrogens is 364 g/mol. The van der Waals surface area contributed by atoms with Gasteiger partial charge in [0, 0.05) is 30.1 Å². The van der Waals surface area contributed by atoms with Gasteiger partial charge < -0.3 is 16.0 Å². The number of rotatable bonds is 7. The highest BCUT2D eigenvalue weighted by Crippen LogP contribution is 2.21. The predicted molar refractivity (Wildman–Crippen MR) is 117 cm³/mol. The van der Waals surface area contributed by atoms with Gasteiger partial charge in [-0.25, -0.2) is 15.0 Å². The van der Waals surface area contributed by atoms with Crippen LogP contribution in [0.1, 0.15) is 31.7 Å². The highest BCUT2D eigenvalue weighted by Gasteiger charge is 2.07. The Morgan fingerprint density at radius 3 is 2.21 bits per heavy atom. The van der Waals surface area contributed by atoms with E-state index in [4.69, 9.17) is 0 Å². The number of carbonyl (C=O) groups is 1. The molecular formula is C22H26N6O. The quantitative estimate of drug-likeness (QED) is 0.528. The Kier molecular flexibility index (Phi) is 6.39. The lowest BCUT2D eigenvalue weighted by Crippen LogP contribution is -2.13. The highest BCUT2D eigenvalue weighted by atomic mass is 16.1. The third-order valence-corrected chi connectivity index (χ3v) is 4.04. The fraction of sp³-hybridized carbons (Fsp3) is 0.273. The molecule has 1 amide bonds. The minimum Gasteiger partial charge on any atom is -0.340 e. The minimum atomic E-state index is 0.0209. The van der Waals surface area contributed by atoms with Gasteiger partial charge in [0.15, 0.2) is 0 Å². The van der Waals surface area contributed by atoms with Crippen LogP contribution in [0.25, 0.3) is 0 Å². The van der Waals surface area contributed by atoms with E-state index < -0.39 is 0 Å². The number of aromatic nitrogens is 3. The standard InChI is InChI=1S/C22H26N6O/c1-14(2)11-22(29)27-18-7-5-17(6-8-18)26-20-13-21(25-16(4)24-20)28-19-12-15(3)9-10-23-19/h5-10,12-14H,11H2,1-4H3,(H,27,29)(H2,23,24,25,26,28). The summed E-state index contributed by atoms with van der Waals surface area (Å²) in [5.74, 6) is 3.06. The fourth-order valence-corrected chi connectivity index (χ4v) is 2.80. The van der Waals surface area contributed by atoms with Gasteiger partial charge in [-0.15, -0.1) is 0 Å². The average Bonchev–Trinajstić information content (AvgIpc) is 2.62. The van der Waals surface area contributed by atoms with Crippen LogP contribution in [0, 0.1) is 19.8 Å². The maximum Gasteiger partial charge on any atom is 0.224 e. The van der Waals surface area contributed by atoms with Crippen molar-refractivity contribution in [1.29, 1.82) is 0 Å². The molecule has 3 N–H and O–H groups in total. The smallest absolute Gasteiger partial charge is 0.224 e. The molecule has 2 aromatic heterocycles. The molecule has 0 spiro atoms. The Bertz CT molecular complexity index is 985. The molecule has 2 heterocycles. The highest BCUT2D eigenvalue weighted by molar-refractivity contribution is 5.91. The van der Waals surface area contributed by atoms with Crippen LogP contribution < -0.4 is 16.0 Å². The van der Waals surface area contributed by atoms with Crippen LogP contribution in [0.2, 0.25) is 0 Å². The molecule has 7 heteroatoms. The number of aryl methyl sites for hydroxylation is 2. The lowest BCUT2D eigenvalue weighted by Gasteiger charge is -2.11. The van der Waals surface area contributed by atoms with Gasteiger partial charge in [0.2, 0.25) is 5.91 Å². The molecule has 3 aromatic rings. The summed E-state index contributed by atoms with van der Waals surface area (Å²) in [7, 11) is 0. The Balaban J connectivity index is 1.68. The van der Waals surface area contributed by atoms with Crippen molar-refractivity contribution in [3.05, 3.63) is 60.0 Å². The van der Waals surface area contributed by atoms with E-state index in [-0.39, 0.29) is 5.91 Å². The van der Waals surface area contributed by atoms with E-state index in [1.54, 1.807) is 6.20 Å². The van der Waals surface area contributed by atoms with Crippen LogP contribution in [0.4, 0.5) is 28.8 Å². The van der Waals surface area contributed by atoms with Gasteiger partial charge in [-0.2, -0.15) is 0 Å². The maximum absolute atomic E-state index is 11.9. The Morgan fingerprint density at radius 1 is 0.897 bits per heavy atom. The number of anilines is 5. The van der Waals surface area contributed by atoms with E-state index in [1.165, 1.54) is 0 Å². The zero-order valence-corrected chi connectivity index (χ0v) is 17.2. The molecule has 0 fully saturated rings. The summed E-state index contributed by atoms with van der Waals surface area (Å²) in [6.45, 7) is 7.90. The van der Waals surface area contributed by atoms with E-state index >= 15 is 0 Å². The topological polar surface area (TPSA) is 91.8 Å². The van der Waals surface area contributed by atoms with Gasteiger partial charge >= 0.3 is 0 Å². The third kappa shape index (κ3) is 6.27. The van der Waals surface area contributed by atoms with Crippen molar-refractivity contribution >= 4 is 34.7 Å². The number of nitrogens with zero attached hydrogens (tertiary/aromatic N) is 3. The number of carbonyl (C=O) groups excluding carboxylic acids is 1. The molecule has 0 radical (unpaired) electrons. The molecule has 0 atom stereocenters. The molecule has 0 saturated carbocycles. The molecule has 1 aromatic carbocycles. The van der Waals surface area contributed by atoms with Gasteiger partial charge in [0.1, 0.15) is 23.3 Å². The van der Waals surface area contributed by atoms with Crippen molar-refractivity contribution in [1.82, 2.24) is 15.0 Å². The summed E-state index contributed by atoms with van der Waals surface area (Å²) in [6.07, 6.45) is 2.26. The zero-order chi connectivity index (χ0) is 20.8. The second-order valence-corrected chi connectivity index (χ2v) is 7.38. The number of amides is 1. The van der Waals surface area contributed by atoms with Crippen molar-refractivity contribution in [2.75, 3.05) is 16.0 Å². The van der Waals surface area contributed by atoms with Gasteiger partial charge in [0.25, 0.3) is 0 Å². The normalized spacial score (nSPS) is 10.7. The molecule has 150 valence electrons. The van der Waals surface area contributed by atoms with Crippen LogP contribution >= 0.6 is 0 Å². The number of hydrogen-bond donors (Lipinski definition) is 3. The van der Waals surface area contributed by atoms with E-state index in [0.29, 0.717) is 29.8 Å². The van der Waals surface area contributed by atoms with Crippen molar-refractivity contribution in [3.8, 4) is 0 Å². The van der Waals surface area contributed by atoms with Crippen LogP contribution in [-0.2, 0) is 4.79 Å². The molecule has 0 aliphatic carbocycles.